The van der Waals surface area contributed by atoms with Gasteiger partial charge in [0, 0.05) is 12.1 Å². The molecule has 0 atom stereocenters. The number of carbonyl (C=O) groups excluding carboxylic acids is 1. The number of carbonyl (C=O) groups is 1. The Morgan fingerprint density at radius 3 is 2.67 bits per heavy atom. The average Bonchev–Trinajstić information content (AvgIpc) is 2.43. The monoisotopic (exact) mass is 286 g/mol. The first-order chi connectivity index (χ1) is 9.97. The molecule has 0 fully saturated rings. The summed E-state index contributed by atoms with van der Waals surface area (Å²) in [6, 6.07) is 10.9. The molecule has 0 unspecified atom stereocenters. The number of phenols is 1. The number of aryl methyl sites for hydroxylation is 1. The van der Waals surface area contributed by atoms with E-state index < -0.39 is 4.92 Å². The molecule has 0 aromatic heterocycles. The Hall–Kier alpha value is -2.89. The van der Waals surface area contributed by atoms with Gasteiger partial charge in [-0.3, -0.25) is 14.9 Å². The van der Waals surface area contributed by atoms with Crippen molar-refractivity contribution < 1.29 is 14.8 Å². The van der Waals surface area contributed by atoms with E-state index in [1.807, 2.05) is 31.2 Å². The highest BCUT2D eigenvalue weighted by Crippen LogP contribution is 2.27. The summed E-state index contributed by atoms with van der Waals surface area (Å²) in [5.41, 5.74) is 1.68. The number of nitro groups is 1. The first-order valence-electron chi connectivity index (χ1n) is 6.29. The molecule has 0 aliphatic rings. The third kappa shape index (κ3) is 3.56. The van der Waals surface area contributed by atoms with Crippen LogP contribution < -0.4 is 5.32 Å². The molecule has 0 heterocycles. The van der Waals surface area contributed by atoms with E-state index >= 15 is 0 Å². The predicted molar refractivity (Wildman–Crippen MR) is 78.3 cm³/mol. The third-order valence-electron chi connectivity index (χ3n) is 3.08. The van der Waals surface area contributed by atoms with Crippen LogP contribution in [0, 0.1) is 17.0 Å². The van der Waals surface area contributed by atoms with Crippen LogP contribution in [0.2, 0.25) is 0 Å². The Morgan fingerprint density at radius 1 is 1.29 bits per heavy atom. The van der Waals surface area contributed by atoms with Gasteiger partial charge < -0.3 is 10.4 Å². The summed E-state index contributed by atoms with van der Waals surface area (Å²) in [6.07, 6.45) is 0.134. The van der Waals surface area contributed by atoms with Crippen LogP contribution in [-0.4, -0.2) is 15.9 Å². The fourth-order valence-corrected chi connectivity index (χ4v) is 1.91. The fraction of sp³-hybridized carbons (Fsp3) is 0.133. The van der Waals surface area contributed by atoms with Gasteiger partial charge in [0.25, 0.3) is 5.69 Å². The minimum atomic E-state index is -0.587. The van der Waals surface area contributed by atoms with E-state index in [1.54, 1.807) is 0 Å². The van der Waals surface area contributed by atoms with Crippen LogP contribution in [0.25, 0.3) is 0 Å². The van der Waals surface area contributed by atoms with Crippen molar-refractivity contribution in [3.8, 4) is 5.75 Å². The second-order valence-corrected chi connectivity index (χ2v) is 4.61. The first kappa shape index (κ1) is 14.5. The molecule has 0 radical (unpaired) electrons. The molecule has 1 amide bonds. The molecule has 2 rings (SSSR count). The van der Waals surface area contributed by atoms with Gasteiger partial charge in [-0.2, -0.15) is 0 Å². The largest absolute Gasteiger partial charge is 0.506 e. The molecule has 2 aromatic carbocycles. The molecule has 2 aromatic rings. The second kappa shape index (κ2) is 6.04. The Balaban J connectivity index is 2.15. The third-order valence-corrected chi connectivity index (χ3v) is 3.08. The maximum atomic E-state index is 12.0. The van der Waals surface area contributed by atoms with Gasteiger partial charge in [-0.25, -0.2) is 0 Å². The minimum Gasteiger partial charge on any atom is -0.506 e. The van der Waals surface area contributed by atoms with E-state index in [0.29, 0.717) is 0 Å². The van der Waals surface area contributed by atoms with E-state index in [1.165, 1.54) is 12.1 Å². The van der Waals surface area contributed by atoms with E-state index in [2.05, 4.69) is 5.32 Å². The summed E-state index contributed by atoms with van der Waals surface area (Å²) in [4.78, 5) is 22.1. The van der Waals surface area contributed by atoms with Gasteiger partial charge in [0.15, 0.2) is 0 Å². The molecule has 0 aliphatic heterocycles. The quantitative estimate of drug-likeness (QED) is 0.513. The smallest absolute Gasteiger partial charge is 0.271 e. The zero-order valence-corrected chi connectivity index (χ0v) is 11.4. The molecule has 0 bridgehead atoms. The number of nitro benzene ring substituents is 1. The summed E-state index contributed by atoms with van der Waals surface area (Å²) in [6.45, 7) is 1.90. The van der Waals surface area contributed by atoms with Crippen LogP contribution in [0.5, 0.6) is 5.75 Å². The summed E-state index contributed by atoms with van der Waals surface area (Å²) in [5.74, 6) is -0.557. The van der Waals surface area contributed by atoms with Crippen molar-refractivity contribution in [1.82, 2.24) is 0 Å². The van der Waals surface area contributed by atoms with Crippen molar-refractivity contribution in [1.29, 1.82) is 0 Å². The van der Waals surface area contributed by atoms with E-state index in [9.17, 15) is 20.0 Å². The first-order valence-corrected chi connectivity index (χ1v) is 6.29. The van der Waals surface area contributed by atoms with Gasteiger partial charge in [0.05, 0.1) is 17.0 Å². The van der Waals surface area contributed by atoms with E-state index in [-0.39, 0.29) is 29.5 Å². The standard InChI is InChI=1S/C15H14N2O4/c1-10-4-2-3-5-11(10)8-15(19)16-13-9-12(17(20)21)6-7-14(13)18/h2-7,9,18H,8H2,1H3,(H,16,19). The summed E-state index contributed by atoms with van der Waals surface area (Å²) < 4.78 is 0. The van der Waals surface area contributed by atoms with Gasteiger partial charge in [-0.1, -0.05) is 24.3 Å². The zero-order chi connectivity index (χ0) is 15.4. The molecular weight excluding hydrogens is 272 g/mol. The Kier molecular flexibility index (Phi) is 4.18. The number of nitrogens with one attached hydrogen (secondary N) is 1. The number of amides is 1. The van der Waals surface area contributed by atoms with Gasteiger partial charge in [0.2, 0.25) is 5.91 Å². The van der Waals surface area contributed by atoms with Crippen LogP contribution in [0.4, 0.5) is 11.4 Å². The van der Waals surface area contributed by atoms with Crippen LogP contribution >= 0.6 is 0 Å². The number of hydrogen-bond donors (Lipinski definition) is 2. The molecule has 21 heavy (non-hydrogen) atoms. The van der Waals surface area contributed by atoms with Crippen molar-refractivity contribution in [2.24, 2.45) is 0 Å². The number of phenolic OH excluding ortho intramolecular Hbond substituents is 1. The molecular formula is C15H14N2O4. The topological polar surface area (TPSA) is 92.5 Å². The molecule has 108 valence electrons. The number of hydrogen-bond acceptors (Lipinski definition) is 4. The van der Waals surface area contributed by atoms with Crippen molar-refractivity contribution in [3.05, 3.63) is 63.7 Å². The average molecular weight is 286 g/mol. The molecule has 0 aliphatic carbocycles. The van der Waals surface area contributed by atoms with Crippen molar-refractivity contribution >= 4 is 17.3 Å². The molecule has 0 spiro atoms. The van der Waals surface area contributed by atoms with E-state index in [4.69, 9.17) is 0 Å². The lowest BCUT2D eigenvalue weighted by molar-refractivity contribution is -0.384. The summed E-state index contributed by atoms with van der Waals surface area (Å²) in [7, 11) is 0. The van der Waals surface area contributed by atoms with Crippen LogP contribution in [0.15, 0.2) is 42.5 Å². The van der Waals surface area contributed by atoms with Gasteiger partial charge in [0.1, 0.15) is 5.75 Å². The van der Waals surface area contributed by atoms with Crippen LogP contribution in [-0.2, 0) is 11.2 Å². The minimum absolute atomic E-state index is 0.0304. The molecule has 6 nitrogen and oxygen atoms in total. The van der Waals surface area contributed by atoms with Gasteiger partial charge >= 0.3 is 0 Å². The maximum Gasteiger partial charge on any atom is 0.271 e. The fourth-order valence-electron chi connectivity index (χ4n) is 1.91. The Bertz CT molecular complexity index is 698. The van der Waals surface area contributed by atoms with Crippen LogP contribution in [0.3, 0.4) is 0 Å². The van der Waals surface area contributed by atoms with E-state index in [0.717, 1.165) is 17.2 Å². The number of anilines is 1. The molecule has 0 saturated carbocycles. The second-order valence-electron chi connectivity index (χ2n) is 4.61. The predicted octanol–water partition coefficient (Wildman–Crippen LogP) is 2.79. The number of rotatable bonds is 4. The SMILES string of the molecule is Cc1ccccc1CC(=O)Nc1cc([N+](=O)[O-])ccc1O. The summed E-state index contributed by atoms with van der Waals surface area (Å²) in [5, 5.41) is 22.8. The van der Waals surface area contributed by atoms with Crippen molar-refractivity contribution in [3.63, 3.8) is 0 Å². The Morgan fingerprint density at radius 2 is 2.00 bits per heavy atom. The van der Waals surface area contributed by atoms with Gasteiger partial charge in [-0.15, -0.1) is 0 Å². The number of aromatic hydroxyl groups is 1. The number of benzene rings is 2. The highest BCUT2D eigenvalue weighted by atomic mass is 16.6. The molecule has 6 heteroatoms. The van der Waals surface area contributed by atoms with Crippen LogP contribution in [0.1, 0.15) is 11.1 Å². The Labute approximate surface area is 121 Å². The summed E-state index contributed by atoms with van der Waals surface area (Å²) >= 11 is 0. The zero-order valence-electron chi connectivity index (χ0n) is 11.4. The highest BCUT2D eigenvalue weighted by Gasteiger charge is 2.13. The number of nitrogens with zero attached hydrogens (tertiary/aromatic N) is 1. The lowest BCUT2D eigenvalue weighted by Gasteiger charge is -2.08. The highest BCUT2D eigenvalue weighted by molar-refractivity contribution is 5.94. The van der Waals surface area contributed by atoms with Crippen molar-refractivity contribution in [2.45, 2.75) is 13.3 Å². The lowest BCUT2D eigenvalue weighted by atomic mass is 10.1. The number of non-ortho nitro benzene ring substituents is 1. The van der Waals surface area contributed by atoms with Gasteiger partial charge in [-0.05, 0) is 24.1 Å². The lowest BCUT2D eigenvalue weighted by Crippen LogP contribution is -2.15. The van der Waals surface area contributed by atoms with Crippen molar-refractivity contribution in [2.75, 3.05) is 5.32 Å². The molecule has 2 N–H and O–H groups in total. The molecule has 0 saturated heterocycles. The maximum absolute atomic E-state index is 12.0. The normalized spacial score (nSPS) is 10.1.